The lowest BCUT2D eigenvalue weighted by Gasteiger charge is -2.14. The average molecular weight is 244 g/mol. The first-order valence-corrected chi connectivity index (χ1v) is 6.15. The molecular formula is C10H16N2O3S. The highest BCUT2D eigenvalue weighted by Crippen LogP contribution is 2.27. The van der Waals surface area contributed by atoms with Gasteiger partial charge in [0.05, 0.1) is 17.7 Å². The van der Waals surface area contributed by atoms with Crippen molar-refractivity contribution in [3.8, 4) is 5.75 Å². The molecule has 0 radical (unpaired) electrons. The Kier molecular flexibility index (Phi) is 3.77. The highest BCUT2D eigenvalue weighted by molar-refractivity contribution is 7.89. The second kappa shape index (κ2) is 4.71. The van der Waals surface area contributed by atoms with Gasteiger partial charge in [-0.25, -0.2) is 12.7 Å². The molecule has 0 unspecified atom stereocenters. The van der Waals surface area contributed by atoms with Crippen molar-refractivity contribution >= 4 is 15.7 Å². The fraction of sp³-hybridized carbons (Fsp3) is 0.400. The molecule has 0 aliphatic rings. The van der Waals surface area contributed by atoms with E-state index < -0.39 is 10.0 Å². The fourth-order valence-electron chi connectivity index (χ4n) is 1.25. The number of hydrogen-bond acceptors (Lipinski definition) is 4. The molecular weight excluding hydrogens is 228 g/mol. The van der Waals surface area contributed by atoms with Crippen molar-refractivity contribution in [3.63, 3.8) is 0 Å². The minimum atomic E-state index is -3.40. The van der Waals surface area contributed by atoms with Crippen LogP contribution in [-0.2, 0) is 10.0 Å². The number of benzene rings is 1. The van der Waals surface area contributed by atoms with Gasteiger partial charge in [0, 0.05) is 21.1 Å². The Balaban J connectivity index is 3.29. The van der Waals surface area contributed by atoms with Gasteiger partial charge in [0.2, 0.25) is 10.0 Å². The van der Waals surface area contributed by atoms with E-state index in [1.807, 2.05) is 0 Å². The van der Waals surface area contributed by atoms with Crippen LogP contribution < -0.4 is 10.1 Å². The first-order valence-electron chi connectivity index (χ1n) is 4.71. The highest BCUT2D eigenvalue weighted by atomic mass is 32.2. The van der Waals surface area contributed by atoms with E-state index in [2.05, 4.69) is 5.32 Å². The summed E-state index contributed by atoms with van der Waals surface area (Å²) in [5, 5.41) is 2.89. The molecule has 90 valence electrons. The van der Waals surface area contributed by atoms with Crippen molar-refractivity contribution in [2.75, 3.05) is 33.6 Å². The Morgan fingerprint density at radius 1 is 1.31 bits per heavy atom. The van der Waals surface area contributed by atoms with Crippen molar-refractivity contribution in [2.45, 2.75) is 4.90 Å². The molecule has 0 aliphatic carbocycles. The van der Waals surface area contributed by atoms with E-state index in [-0.39, 0.29) is 4.90 Å². The first kappa shape index (κ1) is 12.8. The zero-order valence-corrected chi connectivity index (χ0v) is 10.6. The maximum Gasteiger partial charge on any atom is 0.242 e. The number of rotatable bonds is 4. The molecule has 0 bridgehead atoms. The second-order valence-electron chi connectivity index (χ2n) is 3.40. The molecule has 1 rings (SSSR count). The summed E-state index contributed by atoms with van der Waals surface area (Å²) in [7, 11) is 2.85. The van der Waals surface area contributed by atoms with Gasteiger partial charge < -0.3 is 10.1 Å². The molecule has 0 heterocycles. The summed E-state index contributed by atoms with van der Waals surface area (Å²) in [6.45, 7) is 0. The highest BCUT2D eigenvalue weighted by Gasteiger charge is 2.18. The number of anilines is 1. The van der Waals surface area contributed by atoms with Crippen molar-refractivity contribution < 1.29 is 13.2 Å². The molecule has 0 saturated heterocycles. The van der Waals surface area contributed by atoms with Gasteiger partial charge in [-0.05, 0) is 18.2 Å². The molecule has 0 saturated carbocycles. The maximum absolute atomic E-state index is 11.9. The molecule has 5 nitrogen and oxygen atoms in total. The van der Waals surface area contributed by atoms with E-state index >= 15 is 0 Å². The second-order valence-corrected chi connectivity index (χ2v) is 5.55. The number of methoxy groups -OCH3 is 1. The van der Waals surface area contributed by atoms with Crippen LogP contribution in [0.3, 0.4) is 0 Å². The smallest absolute Gasteiger partial charge is 0.242 e. The monoisotopic (exact) mass is 244 g/mol. The molecule has 1 aromatic carbocycles. The zero-order chi connectivity index (χ0) is 12.3. The van der Waals surface area contributed by atoms with Crippen LogP contribution in [0.2, 0.25) is 0 Å². The van der Waals surface area contributed by atoms with Crippen LogP contribution in [0.5, 0.6) is 5.75 Å². The normalized spacial score (nSPS) is 11.6. The minimum Gasteiger partial charge on any atom is -0.495 e. The zero-order valence-electron chi connectivity index (χ0n) is 9.81. The number of ether oxygens (including phenoxy) is 1. The van der Waals surface area contributed by atoms with Crippen LogP contribution in [0.1, 0.15) is 0 Å². The third-order valence-corrected chi connectivity index (χ3v) is 4.03. The molecule has 0 aliphatic heterocycles. The fourth-order valence-corrected chi connectivity index (χ4v) is 2.18. The van der Waals surface area contributed by atoms with Gasteiger partial charge in [0.15, 0.2) is 0 Å². The summed E-state index contributed by atoms with van der Waals surface area (Å²) in [5.74, 6) is 0.611. The Hall–Kier alpha value is -1.27. The Morgan fingerprint density at radius 2 is 1.94 bits per heavy atom. The number of sulfonamides is 1. The summed E-state index contributed by atoms with van der Waals surface area (Å²) in [6.07, 6.45) is 0. The number of nitrogens with zero attached hydrogens (tertiary/aromatic N) is 1. The van der Waals surface area contributed by atoms with Crippen molar-refractivity contribution in [3.05, 3.63) is 18.2 Å². The standard InChI is InChI=1S/C10H16N2O3S/c1-11-9-7-8(5-6-10(9)15-4)16(13,14)12(2)3/h5-7,11H,1-4H3. The molecule has 0 atom stereocenters. The number of hydrogen-bond donors (Lipinski definition) is 1. The molecule has 6 heteroatoms. The van der Waals surface area contributed by atoms with Crippen molar-refractivity contribution in [1.82, 2.24) is 4.31 Å². The van der Waals surface area contributed by atoms with Crippen molar-refractivity contribution in [2.24, 2.45) is 0 Å². The SMILES string of the molecule is CNc1cc(S(=O)(=O)N(C)C)ccc1OC. The van der Waals surface area contributed by atoms with Gasteiger partial charge >= 0.3 is 0 Å². The van der Waals surface area contributed by atoms with Gasteiger partial charge in [-0.2, -0.15) is 0 Å². The molecule has 0 aromatic heterocycles. The van der Waals surface area contributed by atoms with E-state index in [1.54, 1.807) is 19.2 Å². The Bertz CT molecular complexity index is 469. The lowest BCUT2D eigenvalue weighted by atomic mass is 10.3. The summed E-state index contributed by atoms with van der Waals surface area (Å²) in [6, 6.07) is 4.70. The van der Waals surface area contributed by atoms with E-state index in [0.717, 1.165) is 0 Å². The van der Waals surface area contributed by atoms with Crippen LogP contribution in [0, 0.1) is 0 Å². The first-order chi connectivity index (χ1) is 7.43. The molecule has 0 fully saturated rings. The summed E-state index contributed by atoms with van der Waals surface area (Å²) >= 11 is 0. The molecule has 1 N–H and O–H groups in total. The summed E-state index contributed by atoms with van der Waals surface area (Å²) in [5.41, 5.74) is 0.644. The average Bonchev–Trinajstić information content (AvgIpc) is 2.27. The van der Waals surface area contributed by atoms with E-state index in [4.69, 9.17) is 4.74 Å². The predicted octanol–water partition coefficient (Wildman–Crippen LogP) is 0.987. The Morgan fingerprint density at radius 3 is 2.38 bits per heavy atom. The minimum absolute atomic E-state index is 0.239. The van der Waals surface area contributed by atoms with Gasteiger partial charge in [0.1, 0.15) is 5.75 Å². The Labute approximate surface area is 96.1 Å². The van der Waals surface area contributed by atoms with Crippen LogP contribution in [-0.4, -0.2) is 41.0 Å². The van der Waals surface area contributed by atoms with Crippen LogP contribution in [0.15, 0.2) is 23.1 Å². The predicted molar refractivity (Wildman–Crippen MR) is 63.4 cm³/mol. The van der Waals surface area contributed by atoms with Gasteiger partial charge in [0.25, 0.3) is 0 Å². The van der Waals surface area contributed by atoms with E-state index in [9.17, 15) is 8.42 Å². The van der Waals surface area contributed by atoms with Gasteiger partial charge in [-0.1, -0.05) is 0 Å². The summed E-state index contributed by atoms with van der Waals surface area (Å²) < 4.78 is 30.0. The molecule has 1 aromatic rings. The van der Waals surface area contributed by atoms with Crippen LogP contribution in [0.4, 0.5) is 5.69 Å². The maximum atomic E-state index is 11.9. The van der Waals surface area contributed by atoms with Crippen LogP contribution in [0.25, 0.3) is 0 Å². The molecule has 16 heavy (non-hydrogen) atoms. The lowest BCUT2D eigenvalue weighted by Crippen LogP contribution is -2.22. The molecule has 0 amide bonds. The number of nitrogens with one attached hydrogen (secondary N) is 1. The summed E-state index contributed by atoms with van der Waals surface area (Å²) in [4.78, 5) is 0.239. The lowest BCUT2D eigenvalue weighted by molar-refractivity contribution is 0.416. The van der Waals surface area contributed by atoms with E-state index in [0.29, 0.717) is 11.4 Å². The molecule has 0 spiro atoms. The quantitative estimate of drug-likeness (QED) is 0.858. The largest absolute Gasteiger partial charge is 0.495 e. The van der Waals surface area contributed by atoms with Gasteiger partial charge in [-0.3, -0.25) is 0 Å². The topological polar surface area (TPSA) is 58.6 Å². The van der Waals surface area contributed by atoms with E-state index in [1.165, 1.54) is 31.6 Å². The third-order valence-electron chi connectivity index (χ3n) is 2.22. The van der Waals surface area contributed by atoms with Gasteiger partial charge in [-0.15, -0.1) is 0 Å². The van der Waals surface area contributed by atoms with Crippen molar-refractivity contribution in [1.29, 1.82) is 0 Å². The third kappa shape index (κ3) is 2.28. The van der Waals surface area contributed by atoms with Crippen LogP contribution >= 0.6 is 0 Å².